The number of fused-ring (bicyclic) bond motifs is 1. The number of nitrogens with zero attached hydrogens (tertiary/aromatic N) is 2. The molecule has 0 aliphatic carbocycles. The molecule has 4 rings (SSSR count). The number of thiophene rings is 1. The number of aromatic nitrogens is 1. The zero-order chi connectivity index (χ0) is 21.8. The summed E-state index contributed by atoms with van der Waals surface area (Å²) in [5.41, 5.74) is 0.822. The normalized spacial score (nSPS) is 17.8. The number of nitrogens with one attached hydrogen (secondary N) is 1. The van der Waals surface area contributed by atoms with E-state index in [1.54, 1.807) is 13.3 Å². The molecule has 1 aromatic carbocycles. The number of benzene rings is 1. The van der Waals surface area contributed by atoms with E-state index in [-0.39, 0.29) is 17.5 Å². The summed E-state index contributed by atoms with van der Waals surface area (Å²) in [7, 11) is 1.61. The van der Waals surface area contributed by atoms with Gasteiger partial charge in [0.2, 0.25) is 5.91 Å². The first-order valence-corrected chi connectivity index (χ1v) is 11.3. The lowest BCUT2D eigenvalue weighted by atomic mass is 10.1. The fourth-order valence-electron chi connectivity index (χ4n) is 3.86. The van der Waals surface area contributed by atoms with E-state index in [1.807, 2.05) is 47.4 Å². The number of carbonyl (C=O) groups is 1. The molecule has 0 radical (unpaired) electrons. The quantitative estimate of drug-likeness (QED) is 0.588. The highest BCUT2D eigenvalue weighted by Crippen LogP contribution is 2.23. The molecule has 31 heavy (non-hydrogen) atoms. The van der Waals surface area contributed by atoms with Gasteiger partial charge in [-0.2, -0.15) is 0 Å². The lowest BCUT2D eigenvalue weighted by Gasteiger charge is -2.40. The second kappa shape index (κ2) is 9.78. The minimum Gasteiger partial charge on any atom is -0.383 e. The van der Waals surface area contributed by atoms with Gasteiger partial charge in [-0.25, -0.2) is 0 Å². The first-order chi connectivity index (χ1) is 15.0. The van der Waals surface area contributed by atoms with Crippen molar-refractivity contribution < 1.29 is 9.53 Å². The zero-order valence-corrected chi connectivity index (χ0v) is 18.8. The Hall–Kier alpha value is -2.45. The molecule has 1 amide bonds. The van der Waals surface area contributed by atoms with Gasteiger partial charge in [-0.3, -0.25) is 14.5 Å². The number of piperazine rings is 1. The third-order valence-electron chi connectivity index (χ3n) is 5.45. The number of rotatable bonds is 7. The molecule has 8 heteroatoms. The van der Waals surface area contributed by atoms with Gasteiger partial charge >= 0.3 is 0 Å². The highest BCUT2D eigenvalue weighted by Gasteiger charge is 2.34. The van der Waals surface area contributed by atoms with Gasteiger partial charge in [0.25, 0.3) is 5.56 Å². The zero-order valence-electron chi connectivity index (χ0n) is 17.2. The number of amides is 1. The summed E-state index contributed by atoms with van der Waals surface area (Å²) in [4.78, 5) is 33.1. The third-order valence-corrected chi connectivity index (χ3v) is 6.64. The Kier molecular flexibility index (Phi) is 6.87. The highest BCUT2D eigenvalue weighted by atomic mass is 35.5. The van der Waals surface area contributed by atoms with Crippen LogP contribution in [-0.2, 0) is 16.1 Å². The number of halogens is 1. The van der Waals surface area contributed by atoms with Crippen molar-refractivity contribution in [2.24, 2.45) is 0 Å². The van der Waals surface area contributed by atoms with Crippen LogP contribution < -0.4 is 5.56 Å². The molecular formula is C23H24ClN3O3S. The molecule has 1 aliphatic heterocycles. The highest BCUT2D eigenvalue weighted by molar-refractivity contribution is 7.16. The first kappa shape index (κ1) is 21.8. The minimum atomic E-state index is -0.334. The van der Waals surface area contributed by atoms with Gasteiger partial charge in [0.1, 0.15) is 6.04 Å². The largest absolute Gasteiger partial charge is 0.383 e. The Labute approximate surface area is 189 Å². The lowest BCUT2D eigenvalue weighted by Crippen LogP contribution is -2.58. The Balaban J connectivity index is 1.45. The number of ether oxygens (including phenoxy) is 1. The van der Waals surface area contributed by atoms with Crippen molar-refractivity contribution in [3.8, 4) is 0 Å². The summed E-state index contributed by atoms with van der Waals surface area (Å²) in [6, 6.07) is 11.2. The number of pyridine rings is 1. The van der Waals surface area contributed by atoms with Crippen LogP contribution in [0, 0.1) is 0 Å². The minimum absolute atomic E-state index is 0.0442. The maximum atomic E-state index is 13.2. The number of hydrogen-bond acceptors (Lipinski definition) is 5. The van der Waals surface area contributed by atoms with Crippen LogP contribution in [0.3, 0.4) is 0 Å². The van der Waals surface area contributed by atoms with Gasteiger partial charge in [0, 0.05) is 49.7 Å². The molecule has 1 N–H and O–H groups in total. The molecule has 0 unspecified atom stereocenters. The Morgan fingerprint density at radius 1 is 1.23 bits per heavy atom. The molecule has 162 valence electrons. The average Bonchev–Trinajstić information content (AvgIpc) is 3.18. The van der Waals surface area contributed by atoms with E-state index in [4.69, 9.17) is 16.3 Å². The van der Waals surface area contributed by atoms with Crippen molar-refractivity contribution in [3.05, 3.63) is 73.8 Å². The van der Waals surface area contributed by atoms with Crippen molar-refractivity contribution in [2.45, 2.75) is 12.6 Å². The van der Waals surface area contributed by atoms with Crippen molar-refractivity contribution >= 4 is 45.7 Å². The van der Waals surface area contributed by atoms with E-state index in [2.05, 4.69) is 16.0 Å². The van der Waals surface area contributed by atoms with E-state index in [0.717, 1.165) is 26.7 Å². The van der Waals surface area contributed by atoms with E-state index in [0.29, 0.717) is 31.6 Å². The van der Waals surface area contributed by atoms with Gasteiger partial charge < -0.3 is 14.6 Å². The van der Waals surface area contributed by atoms with Crippen LogP contribution in [0.5, 0.6) is 0 Å². The second-order valence-corrected chi connectivity index (χ2v) is 9.25. The first-order valence-electron chi connectivity index (χ1n) is 10.1. The van der Waals surface area contributed by atoms with Gasteiger partial charge in [-0.15, -0.1) is 11.3 Å². The predicted molar refractivity (Wildman–Crippen MR) is 126 cm³/mol. The third kappa shape index (κ3) is 5.07. The van der Waals surface area contributed by atoms with Crippen LogP contribution in [0.15, 0.2) is 53.5 Å². The fraction of sp³-hybridized carbons (Fsp3) is 0.304. The summed E-state index contributed by atoms with van der Waals surface area (Å²) in [5, 5.41) is 1.53. The summed E-state index contributed by atoms with van der Waals surface area (Å²) >= 11 is 7.51. The van der Waals surface area contributed by atoms with Crippen LogP contribution in [0.1, 0.15) is 10.4 Å². The van der Waals surface area contributed by atoms with Crippen LogP contribution in [0.2, 0.25) is 4.34 Å². The Morgan fingerprint density at radius 3 is 2.87 bits per heavy atom. The number of H-pyrrole nitrogens is 1. The number of hydrogen-bond donors (Lipinski definition) is 1. The van der Waals surface area contributed by atoms with Gasteiger partial charge in [-0.05, 0) is 41.3 Å². The molecule has 3 heterocycles. The Bertz CT molecular complexity index is 1160. The lowest BCUT2D eigenvalue weighted by molar-refractivity contribution is -0.144. The average molecular weight is 458 g/mol. The topological polar surface area (TPSA) is 65.6 Å². The monoisotopic (exact) mass is 457 g/mol. The SMILES string of the molecule is COC[C@H]1C(=O)N(Cc2ccc3cc[nH]c(=O)c3c2)CCN1CC=Cc1ccc(Cl)s1. The second-order valence-electron chi connectivity index (χ2n) is 7.50. The molecular weight excluding hydrogens is 434 g/mol. The molecule has 2 aromatic heterocycles. The summed E-state index contributed by atoms with van der Waals surface area (Å²) < 4.78 is 6.11. The van der Waals surface area contributed by atoms with Crippen molar-refractivity contribution in [1.82, 2.24) is 14.8 Å². The van der Waals surface area contributed by atoms with Crippen molar-refractivity contribution in [2.75, 3.05) is 33.4 Å². The van der Waals surface area contributed by atoms with E-state index in [9.17, 15) is 9.59 Å². The van der Waals surface area contributed by atoms with Gasteiger partial charge in [0.05, 0.1) is 10.9 Å². The molecule has 1 saturated heterocycles. The van der Waals surface area contributed by atoms with E-state index in [1.165, 1.54) is 11.3 Å². The van der Waals surface area contributed by atoms with Crippen LogP contribution in [0.4, 0.5) is 0 Å². The molecule has 3 aromatic rings. The molecule has 0 bridgehead atoms. The summed E-state index contributed by atoms with van der Waals surface area (Å²) in [6.45, 7) is 2.85. The molecule has 1 aliphatic rings. The van der Waals surface area contributed by atoms with Crippen LogP contribution >= 0.6 is 22.9 Å². The fourth-order valence-corrected chi connectivity index (χ4v) is 4.86. The number of methoxy groups -OCH3 is 1. The van der Waals surface area contributed by atoms with E-state index < -0.39 is 0 Å². The van der Waals surface area contributed by atoms with Crippen molar-refractivity contribution in [3.63, 3.8) is 0 Å². The number of aromatic amines is 1. The van der Waals surface area contributed by atoms with Crippen LogP contribution in [-0.4, -0.2) is 60.1 Å². The molecule has 6 nitrogen and oxygen atoms in total. The summed E-state index contributed by atoms with van der Waals surface area (Å²) in [5.74, 6) is 0.0442. The maximum Gasteiger partial charge on any atom is 0.255 e. The Morgan fingerprint density at radius 2 is 2.10 bits per heavy atom. The van der Waals surface area contributed by atoms with Gasteiger partial charge in [0.15, 0.2) is 0 Å². The smallest absolute Gasteiger partial charge is 0.255 e. The van der Waals surface area contributed by atoms with Crippen LogP contribution in [0.25, 0.3) is 16.8 Å². The molecule has 0 spiro atoms. The standard InChI is InChI=1S/C23H24ClN3O3S/c1-30-15-20-23(29)27(12-11-26(20)10-2-3-18-6-7-21(24)31-18)14-16-4-5-17-8-9-25-22(28)19(17)13-16/h2-9,13,20H,10-12,14-15H2,1H3,(H,25,28)/t20-/m0/s1. The molecule has 1 atom stereocenters. The summed E-state index contributed by atoms with van der Waals surface area (Å²) in [6.07, 6.45) is 5.73. The van der Waals surface area contributed by atoms with E-state index >= 15 is 0 Å². The number of carbonyl (C=O) groups excluding carboxylic acids is 1. The van der Waals surface area contributed by atoms with Gasteiger partial charge in [-0.1, -0.05) is 29.8 Å². The predicted octanol–water partition coefficient (Wildman–Crippen LogP) is 3.62. The molecule has 1 fully saturated rings. The van der Waals surface area contributed by atoms with Crippen molar-refractivity contribution in [1.29, 1.82) is 0 Å². The maximum absolute atomic E-state index is 13.2. The molecule has 0 saturated carbocycles.